The predicted molar refractivity (Wildman–Crippen MR) is 175 cm³/mol. The second-order valence-electron chi connectivity index (χ2n) is 11.4. The number of aliphatic hydroxyl groups is 1. The summed E-state index contributed by atoms with van der Waals surface area (Å²) in [5, 5.41) is 13.5. The lowest BCUT2D eigenvalue weighted by Gasteiger charge is -2.23. The van der Waals surface area contributed by atoms with Gasteiger partial charge in [-0.15, -0.1) is 0 Å². The van der Waals surface area contributed by atoms with Crippen LogP contribution in [-0.2, 0) is 18.4 Å². The fourth-order valence-corrected chi connectivity index (χ4v) is 5.43. The first-order valence-corrected chi connectivity index (χ1v) is 18.5. The van der Waals surface area contributed by atoms with Crippen LogP contribution in [0.1, 0.15) is 149 Å². The molecule has 0 saturated carbocycles. The molecule has 0 aliphatic carbocycles. The maximum Gasteiger partial charge on any atom is 0.472 e. The van der Waals surface area contributed by atoms with Gasteiger partial charge >= 0.3 is 7.82 Å². The Bertz CT molecular complexity index is 719. The molecule has 0 radical (unpaired) electrons. The van der Waals surface area contributed by atoms with Crippen LogP contribution in [0.15, 0.2) is 24.3 Å². The fourth-order valence-electron chi connectivity index (χ4n) is 4.67. The van der Waals surface area contributed by atoms with Crippen molar-refractivity contribution in [3.63, 3.8) is 0 Å². The van der Waals surface area contributed by atoms with E-state index in [1.165, 1.54) is 89.9 Å². The first kappa shape index (κ1) is 41.0. The van der Waals surface area contributed by atoms with Gasteiger partial charge in [-0.3, -0.25) is 13.8 Å². The van der Waals surface area contributed by atoms with E-state index >= 15 is 0 Å². The molecule has 0 aromatic rings. The van der Waals surface area contributed by atoms with Gasteiger partial charge < -0.3 is 21.1 Å². The van der Waals surface area contributed by atoms with Crippen molar-refractivity contribution in [3.05, 3.63) is 24.3 Å². The summed E-state index contributed by atoms with van der Waals surface area (Å²) in [4.78, 5) is 22.5. The number of aliphatic hydroxyl groups excluding tert-OH is 1. The van der Waals surface area contributed by atoms with E-state index in [-0.39, 0.29) is 25.7 Å². The normalized spacial score (nSPS) is 14.9. The largest absolute Gasteiger partial charge is 0.472 e. The average Bonchev–Trinajstić information content (AvgIpc) is 2.97. The molecular formula is C33H65N2O6P. The highest BCUT2D eigenvalue weighted by molar-refractivity contribution is 7.47. The van der Waals surface area contributed by atoms with Crippen molar-refractivity contribution in [2.45, 2.75) is 161 Å². The molecule has 0 rings (SSSR count). The van der Waals surface area contributed by atoms with Gasteiger partial charge in [0, 0.05) is 13.0 Å². The number of hydrogen-bond acceptors (Lipinski definition) is 6. The lowest BCUT2D eigenvalue weighted by molar-refractivity contribution is -0.123. The van der Waals surface area contributed by atoms with E-state index in [1.807, 2.05) is 6.08 Å². The number of carbonyl (C=O) groups is 1. The highest BCUT2D eigenvalue weighted by atomic mass is 31.2. The molecule has 42 heavy (non-hydrogen) atoms. The summed E-state index contributed by atoms with van der Waals surface area (Å²) in [6, 6.07) is -0.869. The first-order chi connectivity index (χ1) is 20.4. The minimum atomic E-state index is -4.33. The minimum absolute atomic E-state index is 0.0752. The Morgan fingerprint density at radius 1 is 0.762 bits per heavy atom. The molecular weight excluding hydrogens is 551 g/mol. The molecule has 5 N–H and O–H groups in total. The Labute approximate surface area is 257 Å². The van der Waals surface area contributed by atoms with E-state index < -0.39 is 20.0 Å². The Morgan fingerprint density at radius 2 is 1.26 bits per heavy atom. The summed E-state index contributed by atoms with van der Waals surface area (Å²) in [6.45, 7) is 4.06. The molecule has 9 heteroatoms. The lowest BCUT2D eigenvalue weighted by Crippen LogP contribution is -2.45. The van der Waals surface area contributed by atoms with E-state index in [0.29, 0.717) is 6.42 Å². The molecule has 3 unspecified atom stereocenters. The Morgan fingerprint density at radius 3 is 1.83 bits per heavy atom. The third-order valence-electron chi connectivity index (χ3n) is 7.28. The molecule has 0 bridgehead atoms. The number of carbonyl (C=O) groups excluding carboxylic acids is 1. The van der Waals surface area contributed by atoms with E-state index in [0.717, 1.165) is 38.5 Å². The third-order valence-corrected chi connectivity index (χ3v) is 8.26. The van der Waals surface area contributed by atoms with Gasteiger partial charge in [0.05, 0.1) is 25.4 Å². The second kappa shape index (κ2) is 30.0. The molecule has 0 aromatic heterocycles. The van der Waals surface area contributed by atoms with E-state index in [2.05, 4.69) is 31.3 Å². The molecule has 3 atom stereocenters. The van der Waals surface area contributed by atoms with Crippen LogP contribution in [0.2, 0.25) is 0 Å². The van der Waals surface area contributed by atoms with Crippen LogP contribution in [0.3, 0.4) is 0 Å². The van der Waals surface area contributed by atoms with Crippen molar-refractivity contribution in [2.24, 2.45) is 5.73 Å². The predicted octanol–water partition coefficient (Wildman–Crippen LogP) is 8.27. The van der Waals surface area contributed by atoms with Crippen molar-refractivity contribution in [3.8, 4) is 0 Å². The standard InChI is InChI=1S/C33H65N2O6P/c1-3-5-7-9-11-13-15-17-19-21-23-25-27-33(37)35-31(30-41-42(38,39)40-29-28-34)32(36)26-24-22-20-18-16-14-12-10-8-6-4-2/h16,18,24,26,31-32,36H,3-15,17,19-23,25,27-30,34H2,1-2H3,(H,35,37)(H,38,39)/b18-16+,26-24+. The topological polar surface area (TPSA) is 131 Å². The average molecular weight is 617 g/mol. The molecule has 0 heterocycles. The highest BCUT2D eigenvalue weighted by Gasteiger charge is 2.26. The molecule has 1 amide bonds. The number of hydrogen-bond donors (Lipinski definition) is 4. The third kappa shape index (κ3) is 27.8. The molecule has 8 nitrogen and oxygen atoms in total. The number of nitrogens with two attached hydrogens (primary N) is 1. The molecule has 0 aliphatic rings. The number of rotatable bonds is 31. The number of unbranched alkanes of at least 4 members (excludes halogenated alkanes) is 17. The second-order valence-corrected chi connectivity index (χ2v) is 12.8. The summed E-state index contributed by atoms with van der Waals surface area (Å²) >= 11 is 0. The highest BCUT2D eigenvalue weighted by Crippen LogP contribution is 2.43. The van der Waals surface area contributed by atoms with Crippen LogP contribution in [0.25, 0.3) is 0 Å². The van der Waals surface area contributed by atoms with Gasteiger partial charge in [0.25, 0.3) is 0 Å². The first-order valence-electron chi connectivity index (χ1n) is 17.0. The molecule has 248 valence electrons. The zero-order valence-corrected chi connectivity index (χ0v) is 27.9. The van der Waals surface area contributed by atoms with Gasteiger partial charge in [-0.25, -0.2) is 4.57 Å². The maximum atomic E-state index is 12.6. The van der Waals surface area contributed by atoms with Crippen LogP contribution < -0.4 is 11.1 Å². The Balaban J connectivity index is 4.44. The van der Waals surface area contributed by atoms with Crippen molar-refractivity contribution in [1.29, 1.82) is 0 Å². The number of amides is 1. The summed E-state index contributed by atoms with van der Waals surface area (Å²) in [5.74, 6) is -0.208. The summed E-state index contributed by atoms with van der Waals surface area (Å²) in [5.41, 5.74) is 5.33. The molecule has 0 aliphatic heterocycles. The van der Waals surface area contributed by atoms with Crippen molar-refractivity contribution >= 4 is 13.7 Å². The van der Waals surface area contributed by atoms with E-state index in [1.54, 1.807) is 6.08 Å². The number of phosphoric acid groups is 1. The van der Waals surface area contributed by atoms with E-state index in [4.69, 9.17) is 14.8 Å². The van der Waals surface area contributed by atoms with Gasteiger partial charge in [-0.05, 0) is 32.1 Å². The molecule has 0 spiro atoms. The van der Waals surface area contributed by atoms with Gasteiger partial charge in [-0.2, -0.15) is 0 Å². The SMILES string of the molecule is CCCCCCC/C=C/CC/C=C/C(O)C(COP(=O)(O)OCCN)NC(=O)CCCCCCCCCCCCCC. The van der Waals surface area contributed by atoms with Crippen LogP contribution in [0, 0.1) is 0 Å². The summed E-state index contributed by atoms with van der Waals surface area (Å²) in [7, 11) is -4.33. The van der Waals surface area contributed by atoms with Gasteiger partial charge in [0.2, 0.25) is 5.91 Å². The number of phosphoric ester groups is 1. The van der Waals surface area contributed by atoms with Crippen molar-refractivity contribution in [2.75, 3.05) is 19.8 Å². The Kier molecular flexibility index (Phi) is 29.3. The van der Waals surface area contributed by atoms with Crippen LogP contribution in [0.4, 0.5) is 0 Å². The smallest absolute Gasteiger partial charge is 0.387 e. The van der Waals surface area contributed by atoms with Crippen LogP contribution >= 0.6 is 7.82 Å². The van der Waals surface area contributed by atoms with E-state index in [9.17, 15) is 19.4 Å². The molecule has 0 fully saturated rings. The molecule has 0 aromatic carbocycles. The fraction of sp³-hybridized carbons (Fsp3) is 0.848. The maximum absolute atomic E-state index is 12.6. The van der Waals surface area contributed by atoms with Crippen molar-refractivity contribution in [1.82, 2.24) is 5.32 Å². The zero-order chi connectivity index (χ0) is 31.2. The van der Waals surface area contributed by atoms with Gasteiger partial charge in [0.1, 0.15) is 0 Å². The van der Waals surface area contributed by atoms with Crippen LogP contribution in [-0.4, -0.2) is 47.8 Å². The minimum Gasteiger partial charge on any atom is -0.387 e. The zero-order valence-electron chi connectivity index (χ0n) is 27.0. The van der Waals surface area contributed by atoms with Crippen molar-refractivity contribution < 1.29 is 28.4 Å². The Hall–Kier alpha value is -1.02. The number of nitrogens with one attached hydrogen (secondary N) is 1. The van der Waals surface area contributed by atoms with Gasteiger partial charge in [-0.1, -0.05) is 134 Å². The van der Waals surface area contributed by atoms with Crippen LogP contribution in [0.5, 0.6) is 0 Å². The monoisotopic (exact) mass is 616 g/mol. The summed E-state index contributed by atoms with van der Waals surface area (Å²) < 4.78 is 21.9. The lowest BCUT2D eigenvalue weighted by atomic mass is 10.0. The summed E-state index contributed by atoms with van der Waals surface area (Å²) in [6.07, 6.45) is 30.8. The van der Waals surface area contributed by atoms with Gasteiger partial charge in [0.15, 0.2) is 0 Å². The molecule has 0 saturated heterocycles. The number of allylic oxidation sites excluding steroid dienone is 3. The quantitative estimate of drug-likeness (QED) is 0.0350.